The van der Waals surface area contributed by atoms with Gasteiger partial charge in [0.25, 0.3) is 0 Å². The summed E-state index contributed by atoms with van der Waals surface area (Å²) in [6.07, 6.45) is 0. The number of benzene rings is 1. The van der Waals surface area contributed by atoms with Crippen LogP contribution in [0.1, 0.15) is 6.92 Å². The number of hydrogen-bond donors (Lipinski definition) is 1. The van der Waals surface area contributed by atoms with Crippen molar-refractivity contribution in [3.63, 3.8) is 0 Å². The van der Waals surface area contributed by atoms with E-state index in [0.29, 0.717) is 9.72 Å². The van der Waals surface area contributed by atoms with E-state index < -0.39 is 0 Å². The second kappa shape index (κ2) is 4.53. The summed E-state index contributed by atoms with van der Waals surface area (Å²) in [6, 6.07) is 4.84. The van der Waals surface area contributed by atoms with Gasteiger partial charge in [-0.1, -0.05) is 18.7 Å². The Morgan fingerprint density at radius 3 is 3.00 bits per heavy atom. The van der Waals surface area contributed by atoms with Gasteiger partial charge < -0.3 is 5.32 Å². The second-order valence-corrected chi connectivity index (χ2v) is 5.61. The molecule has 5 heteroatoms. The van der Waals surface area contributed by atoms with Crippen molar-refractivity contribution in [3.05, 3.63) is 28.5 Å². The molecule has 1 heterocycles. The van der Waals surface area contributed by atoms with E-state index in [1.807, 2.05) is 0 Å². The Kier molecular flexibility index (Phi) is 3.31. The molecule has 1 aliphatic rings. The molecule has 0 saturated heterocycles. The van der Waals surface area contributed by atoms with Crippen molar-refractivity contribution in [2.45, 2.75) is 12.2 Å². The van der Waals surface area contributed by atoms with Gasteiger partial charge >= 0.3 is 0 Å². The molecule has 0 spiro atoms. The van der Waals surface area contributed by atoms with Crippen molar-refractivity contribution in [2.24, 2.45) is 4.99 Å². The topological polar surface area (TPSA) is 24.4 Å². The van der Waals surface area contributed by atoms with Crippen LogP contribution >= 0.6 is 27.7 Å². The minimum absolute atomic E-state index is 0.255. The van der Waals surface area contributed by atoms with E-state index in [4.69, 9.17) is 0 Å². The van der Waals surface area contributed by atoms with Gasteiger partial charge in [-0.05, 0) is 34.1 Å². The van der Waals surface area contributed by atoms with Crippen LogP contribution in [0.4, 0.5) is 10.1 Å². The van der Waals surface area contributed by atoms with E-state index >= 15 is 0 Å². The molecule has 0 radical (unpaired) electrons. The fourth-order valence-electron chi connectivity index (χ4n) is 1.24. The van der Waals surface area contributed by atoms with Crippen molar-refractivity contribution in [1.29, 1.82) is 0 Å². The van der Waals surface area contributed by atoms with Gasteiger partial charge in [0.05, 0.1) is 11.0 Å². The average molecular weight is 289 g/mol. The van der Waals surface area contributed by atoms with E-state index in [-0.39, 0.29) is 5.82 Å². The Hall–Kier alpha value is -0.550. The van der Waals surface area contributed by atoms with E-state index in [1.54, 1.807) is 23.9 Å². The number of hydrogen-bond acceptors (Lipinski definition) is 3. The van der Waals surface area contributed by atoms with Crippen LogP contribution < -0.4 is 5.32 Å². The molecule has 0 saturated carbocycles. The Balaban J connectivity index is 2.08. The lowest BCUT2D eigenvalue weighted by molar-refractivity contribution is 0.621. The zero-order chi connectivity index (χ0) is 10.8. The first-order chi connectivity index (χ1) is 7.15. The van der Waals surface area contributed by atoms with Gasteiger partial charge in [-0.2, -0.15) is 0 Å². The highest BCUT2D eigenvalue weighted by atomic mass is 79.9. The molecule has 1 aliphatic heterocycles. The molecule has 0 bridgehead atoms. The van der Waals surface area contributed by atoms with Crippen LogP contribution in [0.15, 0.2) is 27.7 Å². The summed E-state index contributed by atoms with van der Waals surface area (Å²) in [7, 11) is 0. The van der Waals surface area contributed by atoms with Crippen molar-refractivity contribution in [3.8, 4) is 0 Å². The summed E-state index contributed by atoms with van der Waals surface area (Å²) in [6.45, 7) is 2.97. The Labute approximate surface area is 100 Å². The maximum Gasteiger partial charge on any atom is 0.161 e. The smallest absolute Gasteiger partial charge is 0.161 e. The van der Waals surface area contributed by atoms with Gasteiger partial charge in [-0.25, -0.2) is 4.39 Å². The molecule has 2 rings (SSSR count). The fourth-order valence-corrected chi connectivity index (χ4v) is 2.48. The van der Waals surface area contributed by atoms with Gasteiger partial charge in [0, 0.05) is 10.9 Å². The molecule has 1 N–H and O–H groups in total. The van der Waals surface area contributed by atoms with E-state index in [1.165, 1.54) is 6.07 Å². The Morgan fingerprint density at radius 2 is 2.40 bits per heavy atom. The predicted molar refractivity (Wildman–Crippen MR) is 67.1 cm³/mol. The largest absolute Gasteiger partial charge is 0.335 e. The van der Waals surface area contributed by atoms with E-state index in [0.717, 1.165) is 17.4 Å². The molecule has 0 amide bonds. The van der Waals surface area contributed by atoms with Gasteiger partial charge in [-0.3, -0.25) is 4.99 Å². The molecule has 1 unspecified atom stereocenters. The summed E-state index contributed by atoms with van der Waals surface area (Å²) >= 11 is 4.85. The van der Waals surface area contributed by atoms with Gasteiger partial charge in [0.15, 0.2) is 5.17 Å². The van der Waals surface area contributed by atoms with Crippen molar-refractivity contribution in [1.82, 2.24) is 0 Å². The third-order valence-electron chi connectivity index (χ3n) is 1.98. The zero-order valence-corrected chi connectivity index (χ0v) is 10.5. The highest BCUT2D eigenvalue weighted by Crippen LogP contribution is 2.24. The molecule has 0 fully saturated rings. The SMILES string of the molecule is CC1CN=C(Nc2ccc(F)c(Br)c2)S1. The minimum atomic E-state index is -0.255. The van der Waals surface area contributed by atoms with Crippen LogP contribution in [0, 0.1) is 5.82 Å². The summed E-state index contributed by atoms with van der Waals surface area (Å²) in [5.74, 6) is -0.255. The van der Waals surface area contributed by atoms with Crippen LogP contribution in [0.25, 0.3) is 0 Å². The lowest BCUT2D eigenvalue weighted by Crippen LogP contribution is -2.05. The van der Waals surface area contributed by atoms with E-state index in [9.17, 15) is 4.39 Å². The number of rotatable bonds is 1. The van der Waals surface area contributed by atoms with Crippen molar-refractivity contribution in [2.75, 3.05) is 11.9 Å². The Morgan fingerprint density at radius 1 is 1.60 bits per heavy atom. The van der Waals surface area contributed by atoms with Gasteiger partial charge in [0.1, 0.15) is 5.82 Å². The van der Waals surface area contributed by atoms with Crippen LogP contribution in [0.5, 0.6) is 0 Å². The molecule has 15 heavy (non-hydrogen) atoms. The molecule has 80 valence electrons. The van der Waals surface area contributed by atoms with Crippen LogP contribution in [-0.2, 0) is 0 Å². The maximum atomic E-state index is 13.0. The monoisotopic (exact) mass is 288 g/mol. The molecular formula is C10H10BrFN2S. The molecule has 1 aromatic rings. The van der Waals surface area contributed by atoms with Crippen LogP contribution in [0.2, 0.25) is 0 Å². The quantitative estimate of drug-likeness (QED) is 0.855. The standard InChI is InChI=1S/C10H10BrFN2S/c1-6-5-13-10(15-6)14-7-2-3-9(12)8(11)4-7/h2-4,6H,5H2,1H3,(H,13,14). The predicted octanol–water partition coefficient (Wildman–Crippen LogP) is 3.49. The lowest BCUT2D eigenvalue weighted by atomic mass is 10.3. The molecule has 2 nitrogen and oxygen atoms in total. The molecular weight excluding hydrogens is 279 g/mol. The van der Waals surface area contributed by atoms with Crippen molar-refractivity contribution >= 4 is 38.5 Å². The first-order valence-corrected chi connectivity index (χ1v) is 6.25. The third kappa shape index (κ3) is 2.72. The molecule has 0 aliphatic carbocycles. The van der Waals surface area contributed by atoms with Gasteiger partial charge in [-0.15, -0.1) is 0 Å². The zero-order valence-electron chi connectivity index (χ0n) is 8.13. The third-order valence-corrected chi connectivity index (χ3v) is 3.59. The molecule has 1 atom stereocenters. The highest BCUT2D eigenvalue weighted by Gasteiger charge is 2.14. The highest BCUT2D eigenvalue weighted by molar-refractivity contribution is 9.10. The van der Waals surface area contributed by atoms with Crippen LogP contribution in [0.3, 0.4) is 0 Å². The normalized spacial score (nSPS) is 20.2. The fraction of sp³-hybridized carbons (Fsp3) is 0.300. The van der Waals surface area contributed by atoms with Gasteiger partial charge in [0.2, 0.25) is 0 Å². The molecule has 1 aromatic carbocycles. The number of halogens is 2. The first kappa shape index (κ1) is 11.0. The number of anilines is 1. The van der Waals surface area contributed by atoms with E-state index in [2.05, 4.69) is 33.2 Å². The van der Waals surface area contributed by atoms with Crippen LogP contribution in [-0.4, -0.2) is 17.0 Å². The summed E-state index contributed by atoms with van der Waals surface area (Å²) in [5, 5.41) is 4.58. The Bertz CT molecular complexity index is 408. The maximum absolute atomic E-state index is 13.0. The number of thioether (sulfide) groups is 1. The summed E-state index contributed by atoms with van der Waals surface area (Å²) in [5.41, 5.74) is 0.851. The summed E-state index contributed by atoms with van der Waals surface area (Å²) < 4.78 is 13.4. The number of aliphatic imine (C=N–C) groups is 1. The number of amidine groups is 1. The van der Waals surface area contributed by atoms with Crippen molar-refractivity contribution < 1.29 is 4.39 Å². The number of nitrogens with one attached hydrogen (secondary N) is 1. The second-order valence-electron chi connectivity index (χ2n) is 3.33. The average Bonchev–Trinajstić information content (AvgIpc) is 2.58. The lowest BCUT2D eigenvalue weighted by Gasteiger charge is -2.06. The molecule has 0 aromatic heterocycles. The number of nitrogens with zero attached hydrogens (tertiary/aromatic N) is 1. The first-order valence-electron chi connectivity index (χ1n) is 4.58. The minimum Gasteiger partial charge on any atom is -0.335 e. The summed E-state index contributed by atoms with van der Waals surface area (Å²) in [4.78, 5) is 4.32.